The summed E-state index contributed by atoms with van der Waals surface area (Å²) in [4.78, 5) is 10.4. The molecule has 0 saturated carbocycles. The summed E-state index contributed by atoms with van der Waals surface area (Å²) in [5.74, 6) is -1.58. The van der Waals surface area contributed by atoms with Crippen LogP contribution in [0.25, 0.3) is 0 Å². The van der Waals surface area contributed by atoms with E-state index >= 15 is 0 Å². The van der Waals surface area contributed by atoms with E-state index in [4.69, 9.17) is 10.8 Å². The number of halogens is 2. The topological polar surface area (TPSA) is 63.3 Å². The molecule has 3 N–H and O–H groups in total. The van der Waals surface area contributed by atoms with E-state index in [1.54, 1.807) is 6.07 Å². The Kier molecular flexibility index (Phi) is 3.60. The second-order valence-corrected chi connectivity index (χ2v) is 3.80. The molecular formula is C9H9BrFNO2. The first-order valence-electron chi connectivity index (χ1n) is 3.93. The number of carboxylic acids is 1. The first kappa shape index (κ1) is 11.1. The van der Waals surface area contributed by atoms with Crippen LogP contribution in [-0.2, 0) is 11.2 Å². The standard InChI is InChI=1S/C9H9BrFNO2/c10-6-2-1-5(7(11)4-6)3-8(12)9(13)14/h1-2,4,8H,3,12H2,(H,13,14). The van der Waals surface area contributed by atoms with E-state index in [0.717, 1.165) is 0 Å². The zero-order valence-electron chi connectivity index (χ0n) is 7.21. The number of carboxylic acid groups (broad SMARTS) is 1. The highest BCUT2D eigenvalue weighted by molar-refractivity contribution is 9.10. The molecule has 0 aliphatic heterocycles. The van der Waals surface area contributed by atoms with E-state index in [9.17, 15) is 9.18 Å². The minimum atomic E-state index is -1.13. The third-order valence-corrected chi connectivity index (χ3v) is 2.27. The van der Waals surface area contributed by atoms with Gasteiger partial charge in [-0.05, 0) is 17.7 Å². The molecule has 0 amide bonds. The van der Waals surface area contributed by atoms with Gasteiger partial charge in [0.05, 0.1) is 0 Å². The van der Waals surface area contributed by atoms with Crippen LogP contribution in [0.2, 0.25) is 0 Å². The molecule has 1 aromatic carbocycles. The fraction of sp³-hybridized carbons (Fsp3) is 0.222. The molecule has 1 aromatic rings. The van der Waals surface area contributed by atoms with Gasteiger partial charge >= 0.3 is 5.97 Å². The van der Waals surface area contributed by atoms with Gasteiger partial charge in [0.25, 0.3) is 0 Å². The third-order valence-electron chi connectivity index (χ3n) is 1.77. The molecule has 14 heavy (non-hydrogen) atoms. The third kappa shape index (κ3) is 2.78. The van der Waals surface area contributed by atoms with Crippen LogP contribution in [0.4, 0.5) is 4.39 Å². The molecular weight excluding hydrogens is 253 g/mol. The Morgan fingerprint density at radius 3 is 2.79 bits per heavy atom. The fourth-order valence-electron chi connectivity index (χ4n) is 1.01. The lowest BCUT2D eigenvalue weighted by Crippen LogP contribution is -2.32. The molecule has 5 heteroatoms. The van der Waals surface area contributed by atoms with Gasteiger partial charge in [0.2, 0.25) is 0 Å². The van der Waals surface area contributed by atoms with Gasteiger partial charge in [0, 0.05) is 10.9 Å². The molecule has 0 fully saturated rings. The summed E-state index contributed by atoms with van der Waals surface area (Å²) in [7, 11) is 0. The van der Waals surface area contributed by atoms with Crippen molar-refractivity contribution >= 4 is 21.9 Å². The van der Waals surface area contributed by atoms with Crippen molar-refractivity contribution in [1.29, 1.82) is 0 Å². The highest BCUT2D eigenvalue weighted by Crippen LogP contribution is 2.16. The summed E-state index contributed by atoms with van der Waals surface area (Å²) in [6, 6.07) is 3.38. The number of hydrogen-bond donors (Lipinski definition) is 2. The first-order valence-corrected chi connectivity index (χ1v) is 4.72. The Morgan fingerprint density at radius 1 is 1.64 bits per heavy atom. The number of aliphatic carboxylic acids is 1. The number of carbonyl (C=O) groups is 1. The monoisotopic (exact) mass is 261 g/mol. The van der Waals surface area contributed by atoms with Crippen LogP contribution >= 0.6 is 15.9 Å². The average molecular weight is 262 g/mol. The quantitative estimate of drug-likeness (QED) is 0.868. The van der Waals surface area contributed by atoms with Gasteiger partial charge in [-0.15, -0.1) is 0 Å². The Morgan fingerprint density at radius 2 is 2.29 bits per heavy atom. The fourth-order valence-corrected chi connectivity index (χ4v) is 1.34. The lowest BCUT2D eigenvalue weighted by molar-refractivity contribution is -0.138. The van der Waals surface area contributed by atoms with Crippen molar-refractivity contribution in [3.63, 3.8) is 0 Å². The van der Waals surface area contributed by atoms with Crippen molar-refractivity contribution < 1.29 is 14.3 Å². The lowest BCUT2D eigenvalue weighted by atomic mass is 10.1. The van der Waals surface area contributed by atoms with Crippen molar-refractivity contribution in [2.75, 3.05) is 0 Å². The number of nitrogens with two attached hydrogens (primary N) is 1. The van der Waals surface area contributed by atoms with E-state index < -0.39 is 17.8 Å². The van der Waals surface area contributed by atoms with Gasteiger partial charge in [-0.3, -0.25) is 4.79 Å². The summed E-state index contributed by atoms with van der Waals surface area (Å²) in [5.41, 5.74) is 5.59. The van der Waals surface area contributed by atoms with Crippen LogP contribution in [0.15, 0.2) is 22.7 Å². The van der Waals surface area contributed by atoms with Gasteiger partial charge in [-0.2, -0.15) is 0 Å². The first-order chi connectivity index (χ1) is 6.50. The highest BCUT2D eigenvalue weighted by atomic mass is 79.9. The second kappa shape index (κ2) is 4.52. The summed E-state index contributed by atoms with van der Waals surface area (Å²) >= 11 is 3.10. The predicted molar refractivity (Wildman–Crippen MR) is 53.4 cm³/mol. The van der Waals surface area contributed by atoms with Gasteiger partial charge in [-0.1, -0.05) is 22.0 Å². The van der Waals surface area contributed by atoms with Crippen LogP contribution < -0.4 is 5.73 Å². The largest absolute Gasteiger partial charge is 0.480 e. The maximum atomic E-state index is 13.2. The Labute approximate surface area is 88.9 Å². The summed E-state index contributed by atoms with van der Waals surface area (Å²) in [6.07, 6.45) is -0.00551. The molecule has 76 valence electrons. The maximum absolute atomic E-state index is 13.2. The molecule has 1 rings (SSSR count). The zero-order chi connectivity index (χ0) is 10.7. The average Bonchev–Trinajstić information content (AvgIpc) is 2.09. The number of benzene rings is 1. The normalized spacial score (nSPS) is 12.5. The number of hydrogen-bond acceptors (Lipinski definition) is 2. The van der Waals surface area contributed by atoms with Gasteiger partial charge < -0.3 is 10.8 Å². The Balaban J connectivity index is 2.82. The lowest BCUT2D eigenvalue weighted by Gasteiger charge is -2.07. The van der Waals surface area contributed by atoms with Crippen molar-refractivity contribution in [3.05, 3.63) is 34.1 Å². The summed E-state index contributed by atoms with van der Waals surface area (Å²) in [6.45, 7) is 0. The minimum Gasteiger partial charge on any atom is -0.480 e. The number of rotatable bonds is 3. The van der Waals surface area contributed by atoms with Crippen molar-refractivity contribution in [2.24, 2.45) is 5.73 Å². The van der Waals surface area contributed by atoms with Gasteiger partial charge in [0.15, 0.2) is 0 Å². The molecule has 0 radical (unpaired) electrons. The Hall–Kier alpha value is -0.940. The molecule has 1 unspecified atom stereocenters. The minimum absolute atomic E-state index is 0.00551. The molecule has 0 aliphatic rings. The van der Waals surface area contributed by atoms with Crippen LogP contribution in [0, 0.1) is 5.82 Å². The van der Waals surface area contributed by atoms with Crippen molar-refractivity contribution in [1.82, 2.24) is 0 Å². The van der Waals surface area contributed by atoms with E-state index in [1.165, 1.54) is 12.1 Å². The molecule has 0 bridgehead atoms. The molecule has 0 heterocycles. The van der Waals surface area contributed by atoms with Crippen LogP contribution in [0.3, 0.4) is 0 Å². The van der Waals surface area contributed by atoms with Crippen molar-refractivity contribution in [2.45, 2.75) is 12.5 Å². The van der Waals surface area contributed by atoms with Crippen LogP contribution in [0.5, 0.6) is 0 Å². The van der Waals surface area contributed by atoms with Gasteiger partial charge in [0.1, 0.15) is 11.9 Å². The molecule has 0 aliphatic carbocycles. The van der Waals surface area contributed by atoms with E-state index in [-0.39, 0.29) is 6.42 Å². The SMILES string of the molecule is NC(Cc1ccc(Br)cc1F)C(=O)O. The molecule has 0 aromatic heterocycles. The van der Waals surface area contributed by atoms with E-state index in [0.29, 0.717) is 10.0 Å². The van der Waals surface area contributed by atoms with Gasteiger partial charge in [-0.25, -0.2) is 4.39 Å². The maximum Gasteiger partial charge on any atom is 0.320 e. The predicted octanol–water partition coefficient (Wildman–Crippen LogP) is 1.54. The van der Waals surface area contributed by atoms with Crippen molar-refractivity contribution in [3.8, 4) is 0 Å². The smallest absolute Gasteiger partial charge is 0.320 e. The van der Waals surface area contributed by atoms with E-state index in [1.807, 2.05) is 0 Å². The van der Waals surface area contributed by atoms with E-state index in [2.05, 4.69) is 15.9 Å². The summed E-state index contributed by atoms with van der Waals surface area (Å²) in [5, 5.41) is 8.53. The highest BCUT2D eigenvalue weighted by Gasteiger charge is 2.14. The second-order valence-electron chi connectivity index (χ2n) is 2.88. The zero-order valence-corrected chi connectivity index (χ0v) is 8.79. The Bertz CT molecular complexity index is 357. The van der Waals surface area contributed by atoms with Crippen LogP contribution in [-0.4, -0.2) is 17.1 Å². The van der Waals surface area contributed by atoms with Crippen LogP contribution in [0.1, 0.15) is 5.56 Å². The molecule has 0 spiro atoms. The molecule has 0 saturated heterocycles. The summed E-state index contributed by atoms with van der Waals surface area (Å²) < 4.78 is 13.8. The molecule has 3 nitrogen and oxygen atoms in total. The molecule has 1 atom stereocenters.